The highest BCUT2D eigenvalue weighted by Crippen LogP contribution is 2.23. The summed E-state index contributed by atoms with van der Waals surface area (Å²) in [5.41, 5.74) is 0.685. The van der Waals surface area contributed by atoms with E-state index < -0.39 is 12.1 Å². The van der Waals surface area contributed by atoms with Crippen LogP contribution in [0, 0.1) is 13.8 Å². The van der Waals surface area contributed by atoms with Gasteiger partial charge in [0.05, 0.1) is 17.7 Å². The lowest BCUT2D eigenvalue weighted by Gasteiger charge is -2.20. The third-order valence-corrected chi connectivity index (χ3v) is 3.50. The van der Waals surface area contributed by atoms with Crippen LogP contribution in [0.5, 0.6) is 0 Å². The van der Waals surface area contributed by atoms with E-state index in [0.717, 1.165) is 0 Å². The molecular formula is C14H19F2N5O2. The molecule has 0 atom stereocenters. The minimum Gasteiger partial charge on any atom is -0.344 e. The van der Waals surface area contributed by atoms with E-state index in [-0.39, 0.29) is 18.2 Å². The van der Waals surface area contributed by atoms with Gasteiger partial charge in [-0.05, 0) is 27.7 Å². The maximum absolute atomic E-state index is 12.9. The van der Waals surface area contributed by atoms with Crippen LogP contribution in [0.15, 0.2) is 4.52 Å². The first-order valence-corrected chi connectivity index (χ1v) is 7.06. The fraction of sp³-hybridized carbons (Fsp3) is 0.571. The highest BCUT2D eigenvalue weighted by molar-refractivity contribution is 5.73. The number of alkyl halides is 2. The number of amides is 1. The number of aromatic nitrogens is 4. The van der Waals surface area contributed by atoms with Gasteiger partial charge in [-0.1, -0.05) is 5.16 Å². The molecule has 0 fully saturated rings. The molecule has 0 unspecified atom stereocenters. The molecule has 2 aromatic rings. The largest absolute Gasteiger partial charge is 0.344 e. The molecular weight excluding hydrogens is 308 g/mol. The molecule has 0 bridgehead atoms. The number of hydrogen-bond donors (Lipinski definition) is 1. The van der Waals surface area contributed by atoms with E-state index in [2.05, 4.69) is 20.6 Å². The normalized spacial score (nSPS) is 12.0. The van der Waals surface area contributed by atoms with E-state index in [4.69, 9.17) is 4.52 Å². The fourth-order valence-electron chi connectivity index (χ4n) is 2.37. The van der Waals surface area contributed by atoms with Crippen molar-refractivity contribution >= 4 is 5.91 Å². The van der Waals surface area contributed by atoms with Crippen LogP contribution in [-0.4, -0.2) is 25.8 Å². The van der Waals surface area contributed by atoms with Crippen molar-refractivity contribution in [3.8, 4) is 0 Å². The number of carbonyl (C=O) groups is 1. The lowest BCUT2D eigenvalue weighted by molar-refractivity contribution is -0.120. The van der Waals surface area contributed by atoms with Gasteiger partial charge in [-0.2, -0.15) is 18.9 Å². The Morgan fingerprint density at radius 3 is 2.57 bits per heavy atom. The van der Waals surface area contributed by atoms with Gasteiger partial charge in [0.1, 0.15) is 0 Å². The Labute approximate surface area is 132 Å². The molecule has 9 heteroatoms. The van der Waals surface area contributed by atoms with Crippen LogP contribution in [0.1, 0.15) is 56.0 Å². The fourth-order valence-corrected chi connectivity index (χ4v) is 2.37. The van der Waals surface area contributed by atoms with Gasteiger partial charge in [0, 0.05) is 18.2 Å². The molecule has 7 nitrogen and oxygen atoms in total. The highest BCUT2D eigenvalue weighted by Gasteiger charge is 2.28. The molecule has 0 aliphatic heterocycles. The van der Waals surface area contributed by atoms with Gasteiger partial charge in [0.25, 0.3) is 0 Å². The Morgan fingerprint density at radius 1 is 1.39 bits per heavy atom. The minimum atomic E-state index is -2.70. The number of carbonyl (C=O) groups excluding carboxylic acids is 1. The van der Waals surface area contributed by atoms with Gasteiger partial charge in [-0.15, -0.1) is 0 Å². The van der Waals surface area contributed by atoms with Crippen molar-refractivity contribution in [1.29, 1.82) is 0 Å². The first-order chi connectivity index (χ1) is 10.6. The molecule has 23 heavy (non-hydrogen) atoms. The number of nitrogens with zero attached hydrogens (tertiary/aromatic N) is 4. The summed E-state index contributed by atoms with van der Waals surface area (Å²) >= 11 is 0. The van der Waals surface area contributed by atoms with Crippen molar-refractivity contribution in [1.82, 2.24) is 25.2 Å². The van der Waals surface area contributed by atoms with E-state index in [0.29, 0.717) is 27.5 Å². The first kappa shape index (κ1) is 17.0. The van der Waals surface area contributed by atoms with Crippen LogP contribution < -0.4 is 5.32 Å². The van der Waals surface area contributed by atoms with Crippen molar-refractivity contribution in [2.75, 3.05) is 0 Å². The summed E-state index contributed by atoms with van der Waals surface area (Å²) in [7, 11) is 0. The molecule has 2 rings (SSSR count). The summed E-state index contributed by atoms with van der Waals surface area (Å²) in [6.07, 6.45) is 0.202. The second kappa shape index (κ2) is 6.05. The third kappa shape index (κ3) is 3.54. The Bertz CT molecular complexity index is 721. The quantitative estimate of drug-likeness (QED) is 0.910. The lowest BCUT2D eigenvalue weighted by atomic mass is 10.1. The number of aryl methyl sites for hydroxylation is 1. The Kier molecular flexibility index (Phi) is 4.49. The van der Waals surface area contributed by atoms with Crippen molar-refractivity contribution in [3.05, 3.63) is 28.7 Å². The van der Waals surface area contributed by atoms with Crippen molar-refractivity contribution < 1.29 is 18.1 Å². The maximum Gasteiger partial charge on any atom is 0.333 e. The molecule has 2 aromatic heterocycles. The topological polar surface area (TPSA) is 85.8 Å². The summed E-state index contributed by atoms with van der Waals surface area (Å²) in [6, 6.07) is 0. The maximum atomic E-state index is 12.9. The number of rotatable bonds is 5. The van der Waals surface area contributed by atoms with Crippen LogP contribution in [0.3, 0.4) is 0 Å². The predicted octanol–water partition coefficient (Wildman–Crippen LogP) is 2.24. The van der Waals surface area contributed by atoms with Gasteiger partial charge in [-0.3, -0.25) is 4.79 Å². The monoisotopic (exact) mass is 327 g/mol. The second-order valence-electron chi connectivity index (χ2n) is 5.87. The van der Waals surface area contributed by atoms with E-state index >= 15 is 0 Å². The smallest absolute Gasteiger partial charge is 0.333 e. The second-order valence-corrected chi connectivity index (χ2v) is 5.87. The summed E-state index contributed by atoms with van der Waals surface area (Å²) in [5.74, 6) is 0.379. The number of nitrogens with one attached hydrogen (secondary N) is 1. The molecule has 1 N–H and O–H groups in total. The molecule has 0 aromatic carbocycles. The van der Waals surface area contributed by atoms with Crippen molar-refractivity contribution in [2.24, 2.45) is 0 Å². The van der Waals surface area contributed by atoms with Crippen molar-refractivity contribution in [2.45, 2.75) is 53.1 Å². The molecule has 0 aliphatic rings. The Hall–Kier alpha value is -2.32. The van der Waals surface area contributed by atoms with Crippen LogP contribution in [-0.2, 0) is 16.8 Å². The lowest BCUT2D eigenvalue weighted by Crippen LogP contribution is -2.40. The molecule has 1 amide bonds. The van der Waals surface area contributed by atoms with E-state index in [1.165, 1.54) is 6.92 Å². The van der Waals surface area contributed by atoms with Crippen molar-refractivity contribution in [3.63, 3.8) is 0 Å². The standard InChI is InChI=1S/C14H19F2N5O2/c1-7-10(8(2)21(19-7)13(15)16)6-11-17-12(20-23-11)14(4,5)18-9(3)22/h13H,6H2,1-5H3,(H,18,22). The predicted molar refractivity (Wildman–Crippen MR) is 76.9 cm³/mol. The molecule has 0 radical (unpaired) electrons. The molecule has 0 saturated carbocycles. The first-order valence-electron chi connectivity index (χ1n) is 7.06. The van der Waals surface area contributed by atoms with E-state index in [1.807, 2.05) is 0 Å². The summed E-state index contributed by atoms with van der Waals surface area (Å²) in [6.45, 7) is 5.41. The zero-order valence-electron chi connectivity index (χ0n) is 13.6. The molecule has 0 saturated heterocycles. The molecule has 2 heterocycles. The highest BCUT2D eigenvalue weighted by atomic mass is 19.3. The van der Waals surface area contributed by atoms with Gasteiger partial charge in [-0.25, -0.2) is 4.68 Å². The summed E-state index contributed by atoms with van der Waals surface area (Å²) in [4.78, 5) is 15.5. The SMILES string of the molecule is CC(=O)NC(C)(C)c1noc(Cc2c(C)nn(C(F)F)c2C)n1. The average molecular weight is 327 g/mol. The summed E-state index contributed by atoms with van der Waals surface area (Å²) < 4.78 is 31.6. The molecule has 0 spiro atoms. The van der Waals surface area contributed by atoms with Crippen LogP contribution in [0.4, 0.5) is 8.78 Å². The van der Waals surface area contributed by atoms with Crippen LogP contribution in [0.25, 0.3) is 0 Å². The van der Waals surface area contributed by atoms with Gasteiger partial charge >= 0.3 is 6.55 Å². The van der Waals surface area contributed by atoms with Crippen LogP contribution >= 0.6 is 0 Å². The van der Waals surface area contributed by atoms with E-state index in [1.54, 1.807) is 27.7 Å². The zero-order valence-corrected chi connectivity index (χ0v) is 13.6. The number of halogens is 2. The Morgan fingerprint density at radius 2 is 2.04 bits per heavy atom. The van der Waals surface area contributed by atoms with Gasteiger partial charge in [0.15, 0.2) is 5.82 Å². The minimum absolute atomic E-state index is 0.202. The van der Waals surface area contributed by atoms with Gasteiger partial charge < -0.3 is 9.84 Å². The zero-order chi connectivity index (χ0) is 17.4. The summed E-state index contributed by atoms with van der Waals surface area (Å²) in [5, 5.41) is 10.4. The molecule has 0 aliphatic carbocycles. The van der Waals surface area contributed by atoms with Gasteiger partial charge in [0.2, 0.25) is 11.8 Å². The average Bonchev–Trinajstić information content (AvgIpc) is 2.98. The number of hydrogen-bond acceptors (Lipinski definition) is 5. The third-order valence-electron chi connectivity index (χ3n) is 3.50. The van der Waals surface area contributed by atoms with Crippen LogP contribution in [0.2, 0.25) is 0 Å². The van der Waals surface area contributed by atoms with E-state index in [9.17, 15) is 13.6 Å². The molecule has 126 valence electrons. The Balaban J connectivity index is 2.25.